The number of ether oxygens (including phenoxy) is 2. The summed E-state index contributed by atoms with van der Waals surface area (Å²) in [6.45, 7) is 18.3. The Hall–Kier alpha value is -7.06. The van der Waals surface area contributed by atoms with Crippen molar-refractivity contribution in [3.8, 4) is 34.5 Å². The molecule has 0 bridgehead atoms. The van der Waals surface area contributed by atoms with Crippen molar-refractivity contribution in [1.29, 1.82) is 0 Å². The van der Waals surface area contributed by atoms with Crippen LogP contribution in [-0.4, -0.2) is 32.4 Å². The van der Waals surface area contributed by atoms with Gasteiger partial charge in [0.2, 0.25) is 0 Å². The molecule has 0 aliphatic carbocycles. The van der Waals surface area contributed by atoms with Crippen molar-refractivity contribution in [3.05, 3.63) is 157 Å². The zero-order chi connectivity index (χ0) is 48.8. The first-order valence-corrected chi connectivity index (χ1v) is 23.3. The first-order valence-electron chi connectivity index (χ1n) is 23.3. The second kappa shape index (κ2) is 34.4. The van der Waals surface area contributed by atoms with E-state index in [1.807, 2.05) is 77.1 Å². The van der Waals surface area contributed by atoms with Crippen molar-refractivity contribution >= 4 is 55.0 Å². The third kappa shape index (κ3) is 19.0. The molecular weight excluding hydrogens is 933 g/mol. The van der Waals surface area contributed by atoms with E-state index in [1.54, 1.807) is 78.9 Å². The fourth-order valence-corrected chi connectivity index (χ4v) is 7.22. The summed E-state index contributed by atoms with van der Waals surface area (Å²) >= 11 is 0. The highest BCUT2D eigenvalue weighted by Crippen LogP contribution is 2.35. The second-order valence-corrected chi connectivity index (χ2v) is 17.7. The Morgan fingerprint density at radius 2 is 0.880 bits per heavy atom. The fourth-order valence-electron chi connectivity index (χ4n) is 7.22. The average molecular weight is 1030 g/mol. The van der Waals surface area contributed by atoms with Crippen LogP contribution in [0.15, 0.2) is 146 Å². The molecule has 0 aliphatic heterocycles. The number of benzene rings is 8. The van der Waals surface area contributed by atoms with Crippen LogP contribution in [0, 0.1) is 11.3 Å². The van der Waals surface area contributed by atoms with E-state index < -0.39 is 5.41 Å². The van der Waals surface area contributed by atoms with E-state index in [2.05, 4.69) is 52.0 Å². The SMILES string of the molecule is C.C.C.C.C.C.C.C.CCC(C)(C)C(=O)Oc1cccc2c(O)cccc12.CCC(C)C(=O)Oc1cccc2c(O)cccc12.CCC(C)c1ccc(O)c2ccccc12.CCC(C)c1ccc2cc(O)ccc2c1. The van der Waals surface area contributed by atoms with E-state index in [0.29, 0.717) is 52.0 Å². The summed E-state index contributed by atoms with van der Waals surface area (Å²) in [5.41, 5.74) is 2.18. The number of esters is 2. The maximum absolute atomic E-state index is 12.1. The highest BCUT2D eigenvalue weighted by atomic mass is 16.5. The Morgan fingerprint density at radius 1 is 0.453 bits per heavy atom. The third-order valence-electron chi connectivity index (χ3n) is 12.7. The molecule has 0 saturated carbocycles. The predicted molar refractivity (Wildman–Crippen MR) is 329 cm³/mol. The molecular formula is C67H98O8. The Labute approximate surface area is 454 Å². The predicted octanol–water partition coefficient (Wildman–Crippen LogP) is 20.6. The normalized spacial score (nSPS) is 11.1. The smallest absolute Gasteiger partial charge is 0.316 e. The van der Waals surface area contributed by atoms with E-state index >= 15 is 0 Å². The number of hydrogen-bond donors (Lipinski definition) is 4. The van der Waals surface area contributed by atoms with Crippen LogP contribution in [0.2, 0.25) is 0 Å². The molecule has 0 fully saturated rings. The van der Waals surface area contributed by atoms with Gasteiger partial charge in [-0.1, -0.05) is 211 Å². The lowest BCUT2D eigenvalue weighted by atomic mass is 9.90. The number of aromatic hydroxyl groups is 4. The highest BCUT2D eigenvalue weighted by Gasteiger charge is 2.28. The topological polar surface area (TPSA) is 134 Å². The number of carbonyl (C=O) groups is 2. The molecule has 8 aromatic rings. The molecule has 8 rings (SSSR count). The minimum Gasteiger partial charge on any atom is -0.508 e. The van der Waals surface area contributed by atoms with Gasteiger partial charge >= 0.3 is 11.9 Å². The van der Waals surface area contributed by atoms with Crippen LogP contribution in [0.1, 0.15) is 170 Å². The first kappa shape index (κ1) is 74.5. The molecule has 8 nitrogen and oxygen atoms in total. The quantitative estimate of drug-likeness (QED) is 0.0786. The summed E-state index contributed by atoms with van der Waals surface area (Å²) < 4.78 is 10.9. The van der Waals surface area contributed by atoms with Gasteiger partial charge < -0.3 is 29.9 Å². The number of phenolic OH excluding ortho intramolecular Hbond substituents is 4. The van der Waals surface area contributed by atoms with Crippen LogP contribution < -0.4 is 9.47 Å². The Kier molecular flexibility index (Phi) is 34.2. The van der Waals surface area contributed by atoms with Gasteiger partial charge in [0, 0.05) is 26.9 Å². The van der Waals surface area contributed by atoms with Gasteiger partial charge in [-0.15, -0.1) is 0 Å². The van der Waals surface area contributed by atoms with Crippen molar-refractivity contribution in [2.45, 2.75) is 159 Å². The number of rotatable bonds is 10. The van der Waals surface area contributed by atoms with Crippen molar-refractivity contribution in [2.24, 2.45) is 11.3 Å². The summed E-state index contributed by atoms with van der Waals surface area (Å²) in [6.07, 6.45) is 3.73. The van der Waals surface area contributed by atoms with E-state index in [1.165, 1.54) is 21.9 Å². The van der Waals surface area contributed by atoms with Crippen LogP contribution in [0.3, 0.4) is 0 Å². The average Bonchev–Trinajstić information content (AvgIpc) is 3.34. The summed E-state index contributed by atoms with van der Waals surface area (Å²) in [5, 5.41) is 45.9. The Morgan fingerprint density at radius 3 is 1.39 bits per heavy atom. The maximum atomic E-state index is 12.1. The molecule has 8 heteroatoms. The molecule has 75 heavy (non-hydrogen) atoms. The Balaban J connectivity index is -0.000000434. The molecule has 3 unspecified atom stereocenters. The standard InChI is InChI=1S/C16H18O3.C15H16O3.2C14H16O.8CH4/c1-4-16(2,3)15(18)19-14-10-6-7-11-12(14)8-5-9-13(11)17;1-3-10(2)15(17)18-14-9-5-6-11-12(14)7-4-8-13(11)16;1-3-10(2)11-4-5-13-9-14(15)7-6-12(13)8-11;1-3-10(2)11-8-9-14(15)13-7-5-4-6-12(11)13;;;;;;;;/h5-10,17H,4H2,1-3H3;4-10,16H,3H2,1-2H3;2*4-10,15H,3H2,1-2H3;8*1H4. The minimum absolute atomic E-state index is 0. The molecule has 0 aliphatic rings. The van der Waals surface area contributed by atoms with Gasteiger partial charge in [-0.05, 0) is 121 Å². The van der Waals surface area contributed by atoms with Crippen molar-refractivity contribution < 1.29 is 39.5 Å². The van der Waals surface area contributed by atoms with E-state index in [-0.39, 0.29) is 88.8 Å². The van der Waals surface area contributed by atoms with Crippen molar-refractivity contribution in [2.75, 3.05) is 0 Å². The molecule has 3 atom stereocenters. The number of hydrogen-bond acceptors (Lipinski definition) is 8. The summed E-state index contributed by atoms with van der Waals surface area (Å²) in [4.78, 5) is 23.9. The largest absolute Gasteiger partial charge is 0.508 e. The minimum atomic E-state index is -0.515. The van der Waals surface area contributed by atoms with Crippen molar-refractivity contribution in [1.82, 2.24) is 0 Å². The van der Waals surface area contributed by atoms with Gasteiger partial charge in [-0.3, -0.25) is 9.59 Å². The van der Waals surface area contributed by atoms with E-state index in [4.69, 9.17) is 9.47 Å². The van der Waals surface area contributed by atoms with Gasteiger partial charge in [0.15, 0.2) is 0 Å². The highest BCUT2D eigenvalue weighted by molar-refractivity contribution is 5.96. The van der Waals surface area contributed by atoms with Crippen LogP contribution in [0.5, 0.6) is 34.5 Å². The van der Waals surface area contributed by atoms with Crippen molar-refractivity contribution in [3.63, 3.8) is 0 Å². The van der Waals surface area contributed by atoms with E-state index in [9.17, 15) is 30.0 Å². The van der Waals surface area contributed by atoms with Gasteiger partial charge in [0.05, 0.1) is 11.3 Å². The zero-order valence-electron chi connectivity index (χ0n) is 40.3. The van der Waals surface area contributed by atoms with Gasteiger partial charge in [-0.25, -0.2) is 0 Å². The van der Waals surface area contributed by atoms with Crippen LogP contribution in [0.25, 0.3) is 43.1 Å². The lowest BCUT2D eigenvalue weighted by molar-refractivity contribution is -0.144. The summed E-state index contributed by atoms with van der Waals surface area (Å²) in [7, 11) is 0. The molecule has 0 radical (unpaired) electrons. The Bertz CT molecular complexity index is 2940. The summed E-state index contributed by atoms with van der Waals surface area (Å²) in [6, 6.07) is 44.8. The maximum Gasteiger partial charge on any atom is 0.316 e. The van der Waals surface area contributed by atoms with Gasteiger partial charge in [-0.2, -0.15) is 0 Å². The van der Waals surface area contributed by atoms with Crippen LogP contribution in [0.4, 0.5) is 0 Å². The third-order valence-corrected chi connectivity index (χ3v) is 12.7. The summed E-state index contributed by atoms with van der Waals surface area (Å²) in [5.74, 6) is 2.57. The molecule has 414 valence electrons. The first-order chi connectivity index (χ1) is 32.0. The molecule has 0 spiro atoms. The van der Waals surface area contributed by atoms with Gasteiger partial charge in [0.1, 0.15) is 34.5 Å². The lowest BCUT2D eigenvalue weighted by Gasteiger charge is -2.20. The molecule has 4 N–H and O–H groups in total. The lowest BCUT2D eigenvalue weighted by Crippen LogP contribution is -2.28. The number of carbonyl (C=O) groups excluding carboxylic acids is 2. The van der Waals surface area contributed by atoms with Crippen LogP contribution in [-0.2, 0) is 9.59 Å². The fraction of sp³-hybridized carbons (Fsp3) is 0.373. The van der Waals surface area contributed by atoms with E-state index in [0.717, 1.165) is 40.8 Å². The second-order valence-electron chi connectivity index (χ2n) is 17.7. The number of fused-ring (bicyclic) bond motifs is 4. The molecule has 0 saturated heterocycles. The monoisotopic (exact) mass is 1030 g/mol. The molecule has 0 aromatic heterocycles. The molecule has 0 heterocycles. The number of phenols is 4. The molecule has 8 aromatic carbocycles. The zero-order valence-corrected chi connectivity index (χ0v) is 40.3. The van der Waals surface area contributed by atoms with Gasteiger partial charge in [0.25, 0.3) is 0 Å². The molecule has 0 amide bonds. The van der Waals surface area contributed by atoms with Crippen LogP contribution >= 0.6 is 0 Å².